The number of aromatic nitrogens is 2. The van der Waals surface area contributed by atoms with Crippen molar-refractivity contribution in [1.82, 2.24) is 14.7 Å². The van der Waals surface area contributed by atoms with Crippen LogP contribution >= 0.6 is 15.9 Å². The maximum absolute atomic E-state index is 13.1. The van der Waals surface area contributed by atoms with Crippen molar-refractivity contribution in [3.63, 3.8) is 0 Å². The molecule has 2 bridgehead atoms. The van der Waals surface area contributed by atoms with Crippen molar-refractivity contribution < 1.29 is 4.79 Å². The summed E-state index contributed by atoms with van der Waals surface area (Å²) in [6, 6.07) is 9.04. The summed E-state index contributed by atoms with van der Waals surface area (Å²) in [6.07, 6.45) is 8.13. The number of amides is 1. The second-order valence-electron chi connectivity index (χ2n) is 6.67. The zero-order valence-electron chi connectivity index (χ0n) is 13.2. The fourth-order valence-corrected chi connectivity index (χ4v) is 4.52. The summed E-state index contributed by atoms with van der Waals surface area (Å²) in [6.45, 7) is 2.01. The van der Waals surface area contributed by atoms with Gasteiger partial charge in [0.1, 0.15) is 0 Å². The molecule has 23 heavy (non-hydrogen) atoms. The van der Waals surface area contributed by atoms with Crippen LogP contribution in [0.5, 0.6) is 0 Å². The number of nitrogens with zero attached hydrogens (tertiary/aromatic N) is 3. The van der Waals surface area contributed by atoms with Gasteiger partial charge >= 0.3 is 0 Å². The largest absolute Gasteiger partial charge is 0.333 e. The van der Waals surface area contributed by atoms with E-state index in [2.05, 4.69) is 30.6 Å². The molecule has 5 heteroatoms. The predicted molar refractivity (Wildman–Crippen MR) is 92.4 cm³/mol. The minimum Gasteiger partial charge on any atom is -0.333 e. The first-order valence-corrected chi connectivity index (χ1v) is 9.00. The summed E-state index contributed by atoms with van der Waals surface area (Å²) in [5, 5.41) is 4.40. The second kappa shape index (κ2) is 5.78. The lowest BCUT2D eigenvalue weighted by atomic mass is 9.95. The third kappa shape index (κ3) is 2.61. The Morgan fingerprint density at radius 2 is 1.96 bits per heavy atom. The highest BCUT2D eigenvalue weighted by Crippen LogP contribution is 2.41. The molecule has 0 saturated carbocycles. The Hall–Kier alpha value is -1.62. The molecule has 1 aromatic carbocycles. The van der Waals surface area contributed by atoms with Crippen LogP contribution in [0.1, 0.15) is 47.6 Å². The molecule has 2 atom stereocenters. The smallest absolute Gasteiger partial charge is 0.254 e. The Bertz CT molecular complexity index is 714. The van der Waals surface area contributed by atoms with E-state index >= 15 is 0 Å². The van der Waals surface area contributed by atoms with Crippen molar-refractivity contribution in [3.05, 3.63) is 52.3 Å². The number of rotatable bonds is 2. The van der Waals surface area contributed by atoms with Gasteiger partial charge in [0.05, 0.1) is 6.04 Å². The Morgan fingerprint density at radius 1 is 1.22 bits per heavy atom. The number of hydrogen-bond donors (Lipinski definition) is 0. The van der Waals surface area contributed by atoms with Crippen molar-refractivity contribution >= 4 is 21.8 Å². The molecule has 1 amide bonds. The van der Waals surface area contributed by atoms with E-state index in [4.69, 9.17) is 0 Å². The Labute approximate surface area is 144 Å². The van der Waals surface area contributed by atoms with Crippen molar-refractivity contribution in [2.24, 2.45) is 0 Å². The number of aryl methyl sites for hydroxylation is 1. The minimum atomic E-state index is 0.190. The van der Waals surface area contributed by atoms with E-state index < -0.39 is 0 Å². The van der Waals surface area contributed by atoms with Crippen LogP contribution in [0.3, 0.4) is 0 Å². The molecule has 0 aliphatic carbocycles. The van der Waals surface area contributed by atoms with Crippen LogP contribution in [-0.4, -0.2) is 32.7 Å². The molecule has 2 unspecified atom stereocenters. The van der Waals surface area contributed by atoms with Crippen molar-refractivity contribution in [1.29, 1.82) is 0 Å². The molecular formula is C18H20BrN3O. The normalized spacial score (nSPS) is 26.5. The number of carbonyl (C=O) groups excluding carboxylic acids is 1. The van der Waals surface area contributed by atoms with Crippen LogP contribution in [0, 0.1) is 6.92 Å². The molecule has 120 valence electrons. The molecule has 2 fully saturated rings. The standard InChI is InChI=1S/C18H20BrN3O/c1-12-3-4-13(19)9-17(12)18(23)22-14-5-6-15(22)11-16(10-14)21-8-2-7-20-21/h2-4,7-9,14-16H,5-6,10-11H2,1H3. The van der Waals surface area contributed by atoms with Crippen molar-refractivity contribution in [3.8, 4) is 0 Å². The highest BCUT2D eigenvalue weighted by Gasteiger charge is 2.44. The van der Waals surface area contributed by atoms with Gasteiger partial charge in [-0.05, 0) is 56.4 Å². The summed E-state index contributed by atoms with van der Waals surface area (Å²) >= 11 is 3.49. The van der Waals surface area contributed by atoms with Crippen LogP contribution in [0.4, 0.5) is 0 Å². The van der Waals surface area contributed by atoms with Crippen LogP contribution in [0.2, 0.25) is 0 Å². The summed E-state index contributed by atoms with van der Waals surface area (Å²) < 4.78 is 3.03. The van der Waals surface area contributed by atoms with Crippen molar-refractivity contribution in [2.75, 3.05) is 0 Å². The molecule has 0 spiro atoms. The first kappa shape index (κ1) is 14.9. The molecule has 2 aliphatic rings. The van der Waals surface area contributed by atoms with Gasteiger partial charge < -0.3 is 4.90 Å². The highest BCUT2D eigenvalue weighted by atomic mass is 79.9. The molecule has 3 heterocycles. The predicted octanol–water partition coefficient (Wildman–Crippen LogP) is 3.96. The minimum absolute atomic E-state index is 0.190. The molecule has 2 saturated heterocycles. The Kier molecular flexibility index (Phi) is 3.76. The van der Waals surface area contributed by atoms with Crippen LogP contribution in [-0.2, 0) is 0 Å². The number of halogens is 1. The van der Waals surface area contributed by atoms with Gasteiger partial charge in [0.25, 0.3) is 5.91 Å². The van der Waals surface area contributed by atoms with Crippen LogP contribution < -0.4 is 0 Å². The first-order chi connectivity index (χ1) is 11.1. The van der Waals surface area contributed by atoms with E-state index in [0.717, 1.165) is 41.3 Å². The third-order valence-corrected chi connectivity index (χ3v) is 5.76. The number of benzene rings is 1. The second-order valence-corrected chi connectivity index (χ2v) is 7.58. The summed E-state index contributed by atoms with van der Waals surface area (Å²) in [7, 11) is 0. The monoisotopic (exact) mass is 373 g/mol. The van der Waals surface area contributed by atoms with Gasteiger partial charge in [0.2, 0.25) is 0 Å². The topological polar surface area (TPSA) is 38.1 Å². The zero-order valence-corrected chi connectivity index (χ0v) is 14.7. The Morgan fingerprint density at radius 3 is 2.61 bits per heavy atom. The maximum atomic E-state index is 13.1. The number of carbonyl (C=O) groups is 1. The SMILES string of the molecule is Cc1ccc(Br)cc1C(=O)N1C2CCC1CC(n1cccn1)C2. The van der Waals surface area contributed by atoms with E-state index in [0.29, 0.717) is 18.1 Å². The summed E-state index contributed by atoms with van der Waals surface area (Å²) in [4.78, 5) is 15.3. The highest BCUT2D eigenvalue weighted by molar-refractivity contribution is 9.10. The lowest BCUT2D eigenvalue weighted by molar-refractivity contribution is 0.0523. The fourth-order valence-electron chi connectivity index (χ4n) is 4.16. The van der Waals surface area contributed by atoms with Crippen molar-refractivity contribution in [2.45, 2.75) is 50.7 Å². The molecule has 2 aliphatic heterocycles. The van der Waals surface area contributed by atoms with E-state index in [1.54, 1.807) is 0 Å². The molecule has 4 rings (SSSR count). The van der Waals surface area contributed by atoms with Crippen LogP contribution in [0.15, 0.2) is 41.1 Å². The third-order valence-electron chi connectivity index (χ3n) is 5.27. The van der Waals surface area contributed by atoms with Crippen LogP contribution in [0.25, 0.3) is 0 Å². The van der Waals surface area contributed by atoms with E-state index in [9.17, 15) is 4.79 Å². The van der Waals surface area contributed by atoms with Gasteiger partial charge in [0, 0.05) is 34.5 Å². The molecule has 0 radical (unpaired) electrons. The van der Waals surface area contributed by atoms with Gasteiger partial charge in [0.15, 0.2) is 0 Å². The zero-order chi connectivity index (χ0) is 16.0. The van der Waals surface area contributed by atoms with E-state index in [1.165, 1.54) is 0 Å². The molecule has 1 aromatic heterocycles. The molecule has 2 aromatic rings. The summed E-state index contributed by atoms with van der Waals surface area (Å²) in [5.41, 5.74) is 1.88. The number of fused-ring (bicyclic) bond motifs is 2. The van der Waals surface area contributed by atoms with Gasteiger partial charge in [-0.3, -0.25) is 9.48 Å². The van der Waals surface area contributed by atoms with Gasteiger partial charge in [-0.1, -0.05) is 22.0 Å². The van der Waals surface area contributed by atoms with E-state index in [-0.39, 0.29) is 5.91 Å². The lowest BCUT2D eigenvalue weighted by Crippen LogP contribution is -2.47. The Balaban J connectivity index is 1.59. The van der Waals surface area contributed by atoms with Gasteiger partial charge in [-0.15, -0.1) is 0 Å². The molecule has 0 N–H and O–H groups in total. The van der Waals surface area contributed by atoms with Gasteiger partial charge in [-0.25, -0.2) is 0 Å². The maximum Gasteiger partial charge on any atom is 0.254 e. The summed E-state index contributed by atoms with van der Waals surface area (Å²) in [5.74, 6) is 0.190. The fraction of sp³-hybridized carbons (Fsp3) is 0.444. The number of piperidine rings is 1. The van der Waals surface area contributed by atoms with E-state index in [1.807, 2.05) is 43.6 Å². The van der Waals surface area contributed by atoms with Gasteiger partial charge in [-0.2, -0.15) is 5.10 Å². The molecule has 4 nitrogen and oxygen atoms in total. The first-order valence-electron chi connectivity index (χ1n) is 8.21. The average molecular weight is 374 g/mol. The number of hydrogen-bond acceptors (Lipinski definition) is 2. The average Bonchev–Trinajstić information content (AvgIpc) is 3.16. The lowest BCUT2D eigenvalue weighted by Gasteiger charge is -2.39. The molecular weight excluding hydrogens is 354 g/mol. The quantitative estimate of drug-likeness (QED) is 0.798.